The van der Waals surface area contributed by atoms with Crippen molar-refractivity contribution in [3.8, 4) is 0 Å². The molecule has 30 heavy (non-hydrogen) atoms. The molecule has 2 aromatic rings. The Bertz CT molecular complexity index is 1010. The minimum atomic E-state index is -4.02. The van der Waals surface area contributed by atoms with Crippen LogP contribution in [0.4, 0.5) is 11.4 Å². The van der Waals surface area contributed by atoms with Gasteiger partial charge in [-0.25, -0.2) is 8.42 Å². The van der Waals surface area contributed by atoms with E-state index >= 15 is 0 Å². The third-order valence-corrected chi connectivity index (χ3v) is 6.71. The number of nitrogens with one attached hydrogen (secondary N) is 2. The third kappa shape index (κ3) is 6.25. The monoisotopic (exact) mass is 430 g/mol. The zero-order chi connectivity index (χ0) is 22.3. The summed E-state index contributed by atoms with van der Waals surface area (Å²) < 4.78 is 25.3. The van der Waals surface area contributed by atoms with Gasteiger partial charge < -0.3 is 10.6 Å². The molecule has 2 aromatic carbocycles. The highest BCUT2D eigenvalue weighted by Gasteiger charge is 2.33. The lowest BCUT2D eigenvalue weighted by molar-refractivity contribution is -0.115. The first kappa shape index (κ1) is 23.3. The summed E-state index contributed by atoms with van der Waals surface area (Å²) in [6.45, 7) is 5.01. The van der Waals surface area contributed by atoms with E-state index in [1.807, 2.05) is 19.1 Å². The minimum absolute atomic E-state index is 0.0260. The molecule has 2 amide bonds. The topological polar surface area (TPSA) is 109 Å². The largest absolute Gasteiger partial charge is 0.325 e. The van der Waals surface area contributed by atoms with Gasteiger partial charge in [-0.2, -0.15) is 0 Å². The molecule has 7 nitrogen and oxygen atoms in total. The molecule has 0 heterocycles. The van der Waals surface area contributed by atoms with Crippen LogP contribution in [-0.2, 0) is 25.8 Å². The van der Waals surface area contributed by atoms with Crippen molar-refractivity contribution in [2.75, 3.05) is 16.4 Å². The van der Waals surface area contributed by atoms with Gasteiger partial charge in [-0.05, 0) is 61.7 Å². The molecule has 1 unspecified atom stereocenters. The normalized spacial score (nSPS) is 12.1. The van der Waals surface area contributed by atoms with Crippen molar-refractivity contribution in [1.29, 1.82) is 0 Å². The van der Waals surface area contributed by atoms with Gasteiger partial charge >= 0.3 is 0 Å². The lowest BCUT2D eigenvalue weighted by Gasteiger charge is -2.16. The van der Waals surface area contributed by atoms with Gasteiger partial charge in [0, 0.05) is 16.9 Å². The van der Waals surface area contributed by atoms with Gasteiger partial charge in [-0.15, -0.1) is 0 Å². The Kier molecular flexibility index (Phi) is 7.88. The molecule has 0 radical (unpaired) electrons. The van der Waals surface area contributed by atoms with Crippen LogP contribution in [0, 0.1) is 0 Å². The van der Waals surface area contributed by atoms with Crippen molar-refractivity contribution in [2.24, 2.45) is 0 Å². The van der Waals surface area contributed by atoms with Crippen molar-refractivity contribution < 1.29 is 22.8 Å². The summed E-state index contributed by atoms with van der Waals surface area (Å²) >= 11 is 0. The molecule has 160 valence electrons. The van der Waals surface area contributed by atoms with Crippen LogP contribution in [0.3, 0.4) is 0 Å². The number of sulfone groups is 1. The number of anilines is 2. The maximum Gasteiger partial charge on any atom is 0.242 e. The number of Topliss-reactive ketones (excluding diaryl/α,β-unsaturated/α-hetero) is 1. The summed E-state index contributed by atoms with van der Waals surface area (Å²) in [7, 11) is -4.02. The fourth-order valence-electron chi connectivity index (χ4n) is 2.92. The molecule has 0 aliphatic carbocycles. The maximum atomic E-state index is 12.7. The average molecular weight is 431 g/mol. The standard InChI is InChI=1S/C22H26N2O5S/c1-4-16-6-10-18(11-7-16)23-21(26)14-30(28,29)20(5-2)22(27)24-19-12-8-17(9-13-19)15(3)25/h6-13,20H,4-5,14H2,1-3H3,(H,23,26)(H,24,27). The second kappa shape index (κ2) is 10.2. The molecule has 0 aliphatic rings. The van der Waals surface area contributed by atoms with E-state index in [4.69, 9.17) is 0 Å². The van der Waals surface area contributed by atoms with Crippen molar-refractivity contribution >= 4 is 38.8 Å². The fraction of sp³-hybridized carbons (Fsp3) is 0.318. The van der Waals surface area contributed by atoms with Crippen LogP contribution in [0.25, 0.3) is 0 Å². The van der Waals surface area contributed by atoms with Crippen LogP contribution in [0.15, 0.2) is 48.5 Å². The Balaban J connectivity index is 2.04. The average Bonchev–Trinajstić information content (AvgIpc) is 2.68. The minimum Gasteiger partial charge on any atom is -0.325 e. The number of carbonyl (C=O) groups is 3. The zero-order valence-corrected chi connectivity index (χ0v) is 18.1. The maximum absolute atomic E-state index is 12.7. The predicted molar refractivity (Wildman–Crippen MR) is 117 cm³/mol. The van der Waals surface area contributed by atoms with Crippen molar-refractivity contribution in [1.82, 2.24) is 0 Å². The molecule has 8 heteroatoms. The lowest BCUT2D eigenvalue weighted by atomic mass is 10.1. The lowest BCUT2D eigenvalue weighted by Crippen LogP contribution is -2.39. The first-order chi connectivity index (χ1) is 14.2. The molecule has 1 atom stereocenters. The number of hydrogen-bond donors (Lipinski definition) is 2. The summed E-state index contributed by atoms with van der Waals surface area (Å²) in [5.41, 5.74) is 2.45. The predicted octanol–water partition coefficient (Wildman–Crippen LogP) is 3.22. The molecule has 0 aromatic heterocycles. The number of rotatable bonds is 9. The van der Waals surface area contributed by atoms with Gasteiger partial charge in [0.2, 0.25) is 11.8 Å². The molecule has 2 rings (SSSR count). The number of amides is 2. The number of benzene rings is 2. The molecule has 0 saturated carbocycles. The quantitative estimate of drug-likeness (QED) is 0.594. The Labute approximate surface area is 176 Å². The molecular formula is C22H26N2O5S. The molecule has 2 N–H and O–H groups in total. The molecule has 0 aliphatic heterocycles. The van der Waals surface area contributed by atoms with E-state index in [2.05, 4.69) is 10.6 Å². The number of hydrogen-bond acceptors (Lipinski definition) is 5. The second-order valence-corrected chi connectivity index (χ2v) is 9.11. The Morgan fingerprint density at radius 1 is 0.867 bits per heavy atom. The van der Waals surface area contributed by atoms with Gasteiger partial charge in [0.25, 0.3) is 0 Å². The van der Waals surface area contributed by atoms with Crippen LogP contribution >= 0.6 is 0 Å². The van der Waals surface area contributed by atoms with Gasteiger partial charge in [0.05, 0.1) is 0 Å². The van der Waals surface area contributed by atoms with E-state index in [1.54, 1.807) is 31.2 Å². The SMILES string of the molecule is CCc1ccc(NC(=O)CS(=O)(=O)C(CC)C(=O)Nc2ccc(C(C)=O)cc2)cc1. The van der Waals surface area contributed by atoms with E-state index in [9.17, 15) is 22.8 Å². The van der Waals surface area contributed by atoms with Crippen LogP contribution in [0.2, 0.25) is 0 Å². The summed E-state index contributed by atoms with van der Waals surface area (Å²) in [5, 5.41) is 3.73. The van der Waals surface area contributed by atoms with E-state index in [-0.39, 0.29) is 12.2 Å². The van der Waals surface area contributed by atoms with Gasteiger partial charge in [-0.1, -0.05) is 26.0 Å². The van der Waals surface area contributed by atoms with Crippen LogP contribution in [0.1, 0.15) is 43.1 Å². The number of aryl methyl sites for hydroxylation is 1. The van der Waals surface area contributed by atoms with E-state index in [0.717, 1.165) is 12.0 Å². The third-order valence-electron chi connectivity index (χ3n) is 4.63. The number of carbonyl (C=O) groups excluding carboxylic acids is 3. The van der Waals surface area contributed by atoms with E-state index < -0.39 is 32.7 Å². The summed E-state index contributed by atoms with van der Waals surface area (Å²) in [4.78, 5) is 36.1. The fourth-order valence-corrected chi connectivity index (χ4v) is 4.45. The van der Waals surface area contributed by atoms with Crippen LogP contribution in [0.5, 0.6) is 0 Å². The van der Waals surface area contributed by atoms with E-state index in [1.165, 1.54) is 19.1 Å². The van der Waals surface area contributed by atoms with Crippen molar-refractivity contribution in [3.63, 3.8) is 0 Å². The molecule has 0 saturated heterocycles. The van der Waals surface area contributed by atoms with Gasteiger partial charge in [0.15, 0.2) is 15.6 Å². The smallest absolute Gasteiger partial charge is 0.242 e. The molecule has 0 fully saturated rings. The van der Waals surface area contributed by atoms with Gasteiger partial charge in [-0.3, -0.25) is 14.4 Å². The Morgan fingerprint density at radius 2 is 1.40 bits per heavy atom. The highest BCUT2D eigenvalue weighted by molar-refractivity contribution is 7.93. The highest BCUT2D eigenvalue weighted by atomic mass is 32.2. The van der Waals surface area contributed by atoms with Crippen LogP contribution < -0.4 is 10.6 Å². The molecule has 0 bridgehead atoms. The van der Waals surface area contributed by atoms with Crippen LogP contribution in [-0.4, -0.2) is 37.0 Å². The molecule has 0 spiro atoms. The van der Waals surface area contributed by atoms with Crippen molar-refractivity contribution in [2.45, 2.75) is 38.9 Å². The Morgan fingerprint density at radius 3 is 1.90 bits per heavy atom. The van der Waals surface area contributed by atoms with E-state index in [0.29, 0.717) is 16.9 Å². The first-order valence-electron chi connectivity index (χ1n) is 9.68. The summed E-state index contributed by atoms with van der Waals surface area (Å²) in [6, 6.07) is 13.3. The molecular weight excluding hydrogens is 404 g/mol. The zero-order valence-electron chi connectivity index (χ0n) is 17.3. The first-order valence-corrected chi connectivity index (χ1v) is 11.4. The van der Waals surface area contributed by atoms with Crippen molar-refractivity contribution in [3.05, 3.63) is 59.7 Å². The second-order valence-electron chi connectivity index (χ2n) is 6.93. The number of ketones is 1. The summed E-state index contributed by atoms with van der Waals surface area (Å²) in [6.07, 6.45) is 0.881. The highest BCUT2D eigenvalue weighted by Crippen LogP contribution is 2.15. The Hall–Kier alpha value is -3.00. The summed E-state index contributed by atoms with van der Waals surface area (Å²) in [5.74, 6) is -2.32. The van der Waals surface area contributed by atoms with Gasteiger partial charge in [0.1, 0.15) is 11.0 Å².